The Bertz CT molecular complexity index is 1340. The number of carbonyl (C=O) groups is 2. The maximum atomic E-state index is 15.3. The third kappa shape index (κ3) is 7.00. The van der Waals surface area contributed by atoms with Gasteiger partial charge in [0.05, 0.1) is 20.1 Å². The van der Waals surface area contributed by atoms with Crippen LogP contribution in [0.2, 0.25) is 0 Å². The molecule has 2 aromatic rings. The number of hydrogen-bond donors (Lipinski definition) is 1. The summed E-state index contributed by atoms with van der Waals surface area (Å²) in [6.07, 6.45) is 6.02. The molecule has 0 spiro atoms. The Morgan fingerprint density at radius 3 is 2.60 bits per heavy atom. The van der Waals surface area contributed by atoms with E-state index in [0.717, 1.165) is 52.7 Å². The van der Waals surface area contributed by atoms with Crippen molar-refractivity contribution >= 4 is 17.4 Å². The molecule has 0 radical (unpaired) electrons. The highest BCUT2D eigenvalue weighted by atomic mass is 19.1. The van der Waals surface area contributed by atoms with Crippen LogP contribution < -0.4 is 14.8 Å². The monoisotopic (exact) mass is 547 g/mol. The average molecular weight is 548 g/mol. The molecule has 0 saturated heterocycles. The lowest BCUT2D eigenvalue weighted by Gasteiger charge is -2.21. The molecule has 2 aromatic carbocycles. The number of halogens is 1. The molecule has 0 fully saturated rings. The summed E-state index contributed by atoms with van der Waals surface area (Å²) in [6.45, 7) is 10.7. The van der Waals surface area contributed by atoms with Gasteiger partial charge in [0.1, 0.15) is 23.4 Å². The van der Waals surface area contributed by atoms with E-state index in [0.29, 0.717) is 36.6 Å². The molecule has 0 unspecified atom stereocenters. The van der Waals surface area contributed by atoms with Crippen LogP contribution in [-0.4, -0.2) is 38.2 Å². The molecule has 4 rings (SSSR count). The molecule has 212 valence electrons. The van der Waals surface area contributed by atoms with Gasteiger partial charge in [-0.15, -0.1) is 0 Å². The SMILES string of the molecule is C=C1/C(F)=C\C=C(\c2c(C)cc(CCNC(C)=O)cc2C)CCC[C@H]1Oc1ccc2c(c1)OC[C@H]2CC(=O)OC. The number of methoxy groups -OCH3 is 1. The molecule has 6 nitrogen and oxygen atoms in total. The van der Waals surface area contributed by atoms with Crippen molar-refractivity contribution in [2.75, 3.05) is 20.3 Å². The van der Waals surface area contributed by atoms with Crippen molar-refractivity contribution in [3.8, 4) is 11.5 Å². The quantitative estimate of drug-likeness (QED) is 0.385. The number of hydrogen-bond acceptors (Lipinski definition) is 5. The highest BCUT2D eigenvalue weighted by Gasteiger charge is 2.28. The molecule has 40 heavy (non-hydrogen) atoms. The molecule has 0 bridgehead atoms. The van der Waals surface area contributed by atoms with Gasteiger partial charge in [0, 0.05) is 36.6 Å². The van der Waals surface area contributed by atoms with E-state index in [1.54, 1.807) is 6.07 Å². The van der Waals surface area contributed by atoms with Crippen LogP contribution in [0.25, 0.3) is 5.57 Å². The summed E-state index contributed by atoms with van der Waals surface area (Å²) in [5, 5.41) is 2.84. The van der Waals surface area contributed by atoms with Crippen LogP contribution in [0.4, 0.5) is 4.39 Å². The van der Waals surface area contributed by atoms with Crippen LogP contribution in [0.15, 0.2) is 60.5 Å². The second-order valence-electron chi connectivity index (χ2n) is 10.6. The van der Waals surface area contributed by atoms with Gasteiger partial charge in [-0.05, 0) is 79.5 Å². The molecular weight excluding hydrogens is 509 g/mol. The minimum Gasteiger partial charge on any atom is -0.492 e. The maximum absolute atomic E-state index is 15.3. The molecule has 2 aliphatic rings. The number of rotatable bonds is 8. The zero-order valence-electron chi connectivity index (χ0n) is 23.8. The van der Waals surface area contributed by atoms with E-state index in [1.165, 1.54) is 20.1 Å². The highest BCUT2D eigenvalue weighted by Crippen LogP contribution is 2.39. The number of fused-ring (bicyclic) bond motifs is 1. The molecular formula is C33H38FNO5. The second-order valence-corrected chi connectivity index (χ2v) is 10.6. The van der Waals surface area contributed by atoms with Gasteiger partial charge in [-0.3, -0.25) is 9.59 Å². The lowest BCUT2D eigenvalue weighted by atomic mass is 9.89. The van der Waals surface area contributed by atoms with E-state index in [-0.39, 0.29) is 24.2 Å². The van der Waals surface area contributed by atoms with Crippen molar-refractivity contribution < 1.29 is 28.2 Å². The van der Waals surface area contributed by atoms with E-state index < -0.39 is 11.9 Å². The molecule has 2 atom stereocenters. The van der Waals surface area contributed by atoms with Gasteiger partial charge < -0.3 is 19.5 Å². The molecule has 1 N–H and O–H groups in total. The predicted octanol–water partition coefficient (Wildman–Crippen LogP) is 6.45. The summed E-state index contributed by atoms with van der Waals surface area (Å²) in [4.78, 5) is 22.9. The van der Waals surface area contributed by atoms with Gasteiger partial charge >= 0.3 is 5.97 Å². The van der Waals surface area contributed by atoms with Crippen LogP contribution in [0.5, 0.6) is 11.5 Å². The Kier molecular flexibility index (Phi) is 9.46. The molecule has 0 saturated carbocycles. The highest BCUT2D eigenvalue weighted by molar-refractivity contribution is 5.74. The van der Waals surface area contributed by atoms with Crippen molar-refractivity contribution in [1.82, 2.24) is 5.32 Å². The summed E-state index contributed by atoms with van der Waals surface area (Å²) >= 11 is 0. The van der Waals surface area contributed by atoms with Gasteiger partial charge in [0.25, 0.3) is 0 Å². The smallest absolute Gasteiger partial charge is 0.306 e. The Hall–Kier alpha value is -3.87. The van der Waals surface area contributed by atoms with Crippen molar-refractivity contribution in [3.63, 3.8) is 0 Å². The zero-order valence-corrected chi connectivity index (χ0v) is 23.8. The Morgan fingerprint density at radius 1 is 1.15 bits per heavy atom. The molecule has 1 aliphatic heterocycles. The largest absolute Gasteiger partial charge is 0.492 e. The Balaban J connectivity index is 1.46. The standard InChI is InChI=1S/C33H38FNO5/c1-20-15-24(13-14-35-23(4)36)16-21(2)33(20)25-7-6-8-30(22(3)29(34)12-9-25)40-27-10-11-28-26(17-32(37)38-5)19-39-31(28)18-27/h9-12,15-16,18,26,30H,3,6-8,13-14,17,19H2,1-2,4-5H3,(H,35,36)/b25-9+,29-12+/t26-,30-/m1/s1. The maximum Gasteiger partial charge on any atom is 0.306 e. The summed E-state index contributed by atoms with van der Waals surface area (Å²) in [5.74, 6) is 0.480. The van der Waals surface area contributed by atoms with Crippen molar-refractivity contribution in [1.29, 1.82) is 0 Å². The molecule has 7 heteroatoms. The topological polar surface area (TPSA) is 73.9 Å². The van der Waals surface area contributed by atoms with Crippen LogP contribution in [-0.2, 0) is 20.7 Å². The van der Waals surface area contributed by atoms with Gasteiger partial charge in [0.2, 0.25) is 5.91 Å². The minimum atomic E-state index is -0.521. The first-order chi connectivity index (χ1) is 19.2. The predicted molar refractivity (Wildman–Crippen MR) is 154 cm³/mol. The van der Waals surface area contributed by atoms with Gasteiger partial charge in [-0.1, -0.05) is 30.9 Å². The fraction of sp³-hybridized carbons (Fsp3) is 0.394. The normalized spacial score (nSPS) is 21.4. The first-order valence-electron chi connectivity index (χ1n) is 13.8. The summed E-state index contributed by atoms with van der Waals surface area (Å²) in [6, 6.07) is 9.84. The number of benzene rings is 2. The molecule has 0 aromatic heterocycles. The Morgan fingerprint density at radius 2 is 1.90 bits per heavy atom. The van der Waals surface area contributed by atoms with Crippen LogP contribution in [0.3, 0.4) is 0 Å². The fourth-order valence-electron chi connectivity index (χ4n) is 5.54. The van der Waals surface area contributed by atoms with Crippen LogP contribution in [0.1, 0.15) is 66.3 Å². The summed E-state index contributed by atoms with van der Waals surface area (Å²) in [5.41, 5.74) is 6.89. The van der Waals surface area contributed by atoms with E-state index in [4.69, 9.17) is 14.2 Å². The lowest BCUT2D eigenvalue weighted by molar-refractivity contribution is -0.141. The van der Waals surface area contributed by atoms with Crippen molar-refractivity contribution in [2.24, 2.45) is 0 Å². The Labute approximate surface area is 235 Å². The minimum absolute atomic E-state index is 0.0349. The van der Waals surface area contributed by atoms with Gasteiger partial charge in [0.15, 0.2) is 0 Å². The number of aryl methyl sites for hydroxylation is 2. The molecule has 1 aliphatic carbocycles. The third-order valence-corrected chi connectivity index (χ3v) is 7.52. The zero-order chi connectivity index (χ0) is 28.8. The van der Waals surface area contributed by atoms with Crippen molar-refractivity contribution in [2.45, 2.75) is 64.9 Å². The summed E-state index contributed by atoms with van der Waals surface area (Å²) < 4.78 is 32.1. The summed E-state index contributed by atoms with van der Waals surface area (Å²) in [7, 11) is 1.38. The average Bonchev–Trinajstić information content (AvgIpc) is 3.32. The van der Waals surface area contributed by atoms with E-state index in [2.05, 4.69) is 37.9 Å². The third-order valence-electron chi connectivity index (χ3n) is 7.52. The van der Waals surface area contributed by atoms with Crippen molar-refractivity contribution in [3.05, 3.63) is 88.3 Å². The fourth-order valence-corrected chi connectivity index (χ4v) is 5.54. The van der Waals surface area contributed by atoms with E-state index in [9.17, 15) is 9.59 Å². The number of esters is 1. The number of amides is 1. The second kappa shape index (κ2) is 13.0. The number of allylic oxidation sites excluding steroid dienone is 3. The van der Waals surface area contributed by atoms with E-state index in [1.807, 2.05) is 18.2 Å². The van der Waals surface area contributed by atoms with Crippen LogP contribution >= 0.6 is 0 Å². The molecule has 1 amide bonds. The number of carbonyl (C=O) groups excluding carboxylic acids is 2. The first kappa shape index (κ1) is 29.1. The van der Waals surface area contributed by atoms with Crippen LogP contribution in [0, 0.1) is 13.8 Å². The number of nitrogens with one attached hydrogen (secondary N) is 1. The van der Waals surface area contributed by atoms with Gasteiger partial charge in [-0.2, -0.15) is 0 Å². The van der Waals surface area contributed by atoms with Gasteiger partial charge in [-0.25, -0.2) is 4.39 Å². The lowest BCUT2D eigenvalue weighted by Crippen LogP contribution is -2.22. The van der Waals surface area contributed by atoms with E-state index >= 15 is 4.39 Å². The molecule has 1 heterocycles. The number of ether oxygens (including phenoxy) is 3. The first-order valence-corrected chi connectivity index (χ1v) is 13.8.